The van der Waals surface area contributed by atoms with Gasteiger partial charge in [0.1, 0.15) is 0 Å². The Kier molecular flexibility index (Phi) is 5.18. The van der Waals surface area contributed by atoms with Gasteiger partial charge in [-0.25, -0.2) is 4.98 Å². The van der Waals surface area contributed by atoms with E-state index in [1.54, 1.807) is 12.3 Å². The zero-order chi connectivity index (χ0) is 21.4. The van der Waals surface area contributed by atoms with Crippen molar-refractivity contribution in [1.29, 1.82) is 0 Å². The summed E-state index contributed by atoms with van der Waals surface area (Å²) in [6, 6.07) is 18.1. The predicted octanol–water partition coefficient (Wildman–Crippen LogP) is 6.62. The molecule has 0 aliphatic carbocycles. The smallest absolute Gasteiger partial charge is 0.0954 e. The fourth-order valence-electron chi connectivity index (χ4n) is 4.02. The number of aryl methyl sites for hydroxylation is 1. The van der Waals surface area contributed by atoms with E-state index in [2.05, 4.69) is 55.3 Å². The molecule has 0 saturated heterocycles. The van der Waals surface area contributed by atoms with Gasteiger partial charge in [-0.15, -0.1) is 0 Å². The maximum Gasteiger partial charge on any atom is 0.0954 e. The van der Waals surface area contributed by atoms with E-state index in [1.807, 2.05) is 56.2 Å². The summed E-state index contributed by atoms with van der Waals surface area (Å²) in [6.45, 7) is 0. The Morgan fingerprint density at radius 1 is 0.871 bits per heavy atom. The molecule has 0 bridgehead atoms. The van der Waals surface area contributed by atoms with Crippen LogP contribution in [0.2, 0.25) is 10.0 Å². The molecular weight excluding hydrogens is 427 g/mol. The monoisotopic (exact) mass is 446 g/mol. The first-order valence-electron chi connectivity index (χ1n) is 9.92. The average molecular weight is 447 g/mol. The average Bonchev–Trinajstić information content (AvgIpc) is 3.52. The highest BCUT2D eigenvalue weighted by molar-refractivity contribution is 6.35. The third-order valence-corrected chi connectivity index (χ3v) is 6.00. The molecule has 0 radical (unpaired) electrons. The van der Waals surface area contributed by atoms with Gasteiger partial charge >= 0.3 is 0 Å². The highest BCUT2D eigenvalue weighted by Crippen LogP contribution is 2.38. The van der Waals surface area contributed by atoms with Crippen LogP contribution >= 0.6 is 23.2 Å². The minimum atomic E-state index is -0.132. The number of rotatable bonds is 5. The van der Waals surface area contributed by atoms with Crippen LogP contribution in [0.5, 0.6) is 0 Å². The lowest BCUT2D eigenvalue weighted by atomic mass is 9.94. The van der Waals surface area contributed by atoms with Crippen molar-refractivity contribution in [2.45, 2.75) is 6.04 Å². The van der Waals surface area contributed by atoms with Crippen molar-refractivity contribution in [3.8, 4) is 16.8 Å². The Morgan fingerprint density at radius 2 is 1.65 bits per heavy atom. The van der Waals surface area contributed by atoms with Gasteiger partial charge in [0.25, 0.3) is 0 Å². The Balaban J connectivity index is 1.64. The molecule has 0 aliphatic heterocycles. The second kappa shape index (κ2) is 8.14. The Hall–Kier alpha value is -3.21. The van der Waals surface area contributed by atoms with Crippen molar-refractivity contribution in [3.63, 3.8) is 0 Å². The summed E-state index contributed by atoms with van der Waals surface area (Å²) in [5.41, 5.74) is 5.52. The van der Waals surface area contributed by atoms with Gasteiger partial charge in [-0.05, 0) is 47.5 Å². The Morgan fingerprint density at radius 3 is 2.32 bits per heavy atom. The maximum absolute atomic E-state index is 6.65. The fourth-order valence-corrected chi connectivity index (χ4v) is 4.53. The predicted molar refractivity (Wildman–Crippen MR) is 126 cm³/mol. The molecule has 3 heterocycles. The summed E-state index contributed by atoms with van der Waals surface area (Å²) in [5.74, 6) is 0. The van der Waals surface area contributed by atoms with Gasteiger partial charge in [-0.1, -0.05) is 41.4 Å². The van der Waals surface area contributed by atoms with Crippen LogP contribution in [-0.4, -0.2) is 18.7 Å². The minimum absolute atomic E-state index is 0.132. The number of nitrogens with zero attached hydrogens (tertiary/aromatic N) is 4. The Bertz CT molecular complexity index is 1300. The highest BCUT2D eigenvalue weighted by Gasteiger charge is 2.24. The van der Waals surface area contributed by atoms with Gasteiger partial charge in [-0.2, -0.15) is 0 Å². The van der Waals surface area contributed by atoms with E-state index in [1.165, 1.54) is 0 Å². The van der Waals surface area contributed by atoms with Crippen LogP contribution in [0.25, 0.3) is 16.8 Å². The molecule has 0 amide bonds. The van der Waals surface area contributed by atoms with Crippen molar-refractivity contribution in [2.24, 2.45) is 7.05 Å². The molecule has 154 valence electrons. The fraction of sp³-hybridized carbons (Fsp3) is 0.0800. The zero-order valence-corrected chi connectivity index (χ0v) is 18.4. The molecule has 2 aromatic carbocycles. The van der Waals surface area contributed by atoms with Gasteiger partial charge < -0.3 is 13.7 Å². The van der Waals surface area contributed by atoms with Crippen LogP contribution in [0.3, 0.4) is 0 Å². The molecule has 5 rings (SSSR count). The third kappa shape index (κ3) is 3.80. The molecule has 0 N–H and O–H groups in total. The van der Waals surface area contributed by atoms with Crippen molar-refractivity contribution in [2.75, 3.05) is 0 Å². The molecule has 0 aliphatic rings. The van der Waals surface area contributed by atoms with Crippen molar-refractivity contribution >= 4 is 23.2 Å². The first kappa shape index (κ1) is 19.7. The van der Waals surface area contributed by atoms with E-state index < -0.39 is 0 Å². The maximum atomic E-state index is 6.65. The number of hydrogen-bond acceptors (Lipinski definition) is 1. The van der Waals surface area contributed by atoms with Crippen molar-refractivity contribution in [1.82, 2.24) is 18.7 Å². The molecule has 1 atom stereocenters. The lowest BCUT2D eigenvalue weighted by Crippen LogP contribution is -2.11. The summed E-state index contributed by atoms with van der Waals surface area (Å²) < 4.78 is 6.25. The lowest BCUT2D eigenvalue weighted by molar-refractivity contribution is 0.676. The van der Waals surface area contributed by atoms with Crippen LogP contribution in [-0.2, 0) is 7.05 Å². The van der Waals surface area contributed by atoms with Crippen molar-refractivity contribution in [3.05, 3.63) is 119 Å². The van der Waals surface area contributed by atoms with Gasteiger partial charge in [0.15, 0.2) is 0 Å². The quantitative estimate of drug-likeness (QED) is 0.297. The van der Waals surface area contributed by atoms with E-state index in [4.69, 9.17) is 23.2 Å². The zero-order valence-electron chi connectivity index (χ0n) is 16.9. The number of imidazole rings is 1. The molecular formula is C25H20Cl2N4. The number of halogens is 2. The summed E-state index contributed by atoms with van der Waals surface area (Å²) >= 11 is 12.8. The standard InChI is InChI=1S/C25H20Cl2N4/c1-29-15-22(18-4-7-20(8-5-18)30-11-2-3-12-30)23(16-29)25(31-13-10-28-17-31)21-9-6-19(26)14-24(21)27/h2-17,25H,1H3. The molecule has 31 heavy (non-hydrogen) atoms. The molecule has 0 saturated carbocycles. The first-order chi connectivity index (χ1) is 15.1. The molecule has 1 unspecified atom stereocenters. The van der Waals surface area contributed by atoms with Crippen molar-refractivity contribution < 1.29 is 0 Å². The second-order valence-corrected chi connectivity index (χ2v) is 8.35. The number of benzene rings is 2. The molecule has 6 heteroatoms. The molecule has 3 aromatic heterocycles. The van der Waals surface area contributed by atoms with Crippen LogP contribution in [0, 0.1) is 0 Å². The topological polar surface area (TPSA) is 27.7 Å². The minimum Gasteiger partial charge on any atom is -0.356 e. The molecule has 0 fully saturated rings. The third-order valence-electron chi connectivity index (χ3n) is 5.44. The van der Waals surface area contributed by atoms with E-state index in [9.17, 15) is 0 Å². The lowest BCUT2D eigenvalue weighted by Gasteiger charge is -2.21. The van der Waals surface area contributed by atoms with Crippen LogP contribution < -0.4 is 0 Å². The Labute approximate surface area is 190 Å². The van der Waals surface area contributed by atoms with Crippen LogP contribution in [0.4, 0.5) is 0 Å². The van der Waals surface area contributed by atoms with Gasteiger partial charge in [0.05, 0.1) is 12.4 Å². The van der Waals surface area contributed by atoms with Crippen LogP contribution in [0.15, 0.2) is 98.1 Å². The number of hydrogen-bond donors (Lipinski definition) is 0. The van der Waals surface area contributed by atoms with Gasteiger partial charge in [-0.3, -0.25) is 0 Å². The van der Waals surface area contributed by atoms with Gasteiger partial charge in [0, 0.05) is 71.1 Å². The van der Waals surface area contributed by atoms with Gasteiger partial charge in [0.2, 0.25) is 0 Å². The SMILES string of the molecule is Cn1cc(-c2ccc(-n3cccc3)cc2)c(C(c2ccc(Cl)cc2Cl)n2ccnc2)c1. The molecule has 5 aromatic rings. The van der Waals surface area contributed by atoms with E-state index in [-0.39, 0.29) is 6.04 Å². The summed E-state index contributed by atoms with van der Waals surface area (Å²) in [6.07, 6.45) is 13.9. The second-order valence-electron chi connectivity index (χ2n) is 7.51. The summed E-state index contributed by atoms with van der Waals surface area (Å²) in [4.78, 5) is 4.27. The summed E-state index contributed by atoms with van der Waals surface area (Å²) in [7, 11) is 2.04. The van der Waals surface area contributed by atoms with E-state index in [0.717, 1.165) is 27.9 Å². The highest BCUT2D eigenvalue weighted by atomic mass is 35.5. The molecule has 0 spiro atoms. The number of aromatic nitrogens is 4. The van der Waals surface area contributed by atoms with E-state index in [0.29, 0.717) is 10.0 Å². The largest absolute Gasteiger partial charge is 0.356 e. The summed E-state index contributed by atoms with van der Waals surface area (Å²) in [5, 5.41) is 1.25. The normalized spacial score (nSPS) is 12.2. The first-order valence-corrected chi connectivity index (χ1v) is 10.7. The van der Waals surface area contributed by atoms with Crippen LogP contribution in [0.1, 0.15) is 17.2 Å². The van der Waals surface area contributed by atoms with E-state index >= 15 is 0 Å². The molecule has 4 nitrogen and oxygen atoms in total.